The lowest BCUT2D eigenvalue weighted by Gasteiger charge is -2.24. The Balaban J connectivity index is 1.23. The molecule has 1 fully saturated rings. The van der Waals surface area contributed by atoms with E-state index >= 15 is 0 Å². The number of likely N-dealkylation sites (tertiary alicyclic amines) is 1. The summed E-state index contributed by atoms with van der Waals surface area (Å²) in [6, 6.07) is 21.3. The number of aromatic nitrogens is 2. The van der Waals surface area contributed by atoms with Crippen molar-refractivity contribution in [3.05, 3.63) is 94.8 Å². The normalized spacial score (nSPS) is 15.4. The molecule has 1 N–H and O–H groups in total. The number of carbonyl (C=O) groups excluding carboxylic acids is 2. The molecule has 1 atom stereocenters. The van der Waals surface area contributed by atoms with Crippen LogP contribution in [0.1, 0.15) is 40.3 Å². The Bertz CT molecular complexity index is 1320. The summed E-state index contributed by atoms with van der Waals surface area (Å²) >= 11 is 1.56. The van der Waals surface area contributed by atoms with E-state index in [1.165, 1.54) is 0 Å². The lowest BCUT2D eigenvalue weighted by Crippen LogP contribution is -2.45. The van der Waals surface area contributed by atoms with Gasteiger partial charge in [0.15, 0.2) is 0 Å². The highest BCUT2D eigenvalue weighted by Crippen LogP contribution is 2.24. The molecule has 3 heterocycles. The van der Waals surface area contributed by atoms with Crippen LogP contribution in [0.4, 0.5) is 0 Å². The number of amides is 2. The van der Waals surface area contributed by atoms with Crippen molar-refractivity contribution >= 4 is 23.2 Å². The van der Waals surface area contributed by atoms with Gasteiger partial charge in [-0.1, -0.05) is 30.3 Å². The number of carbonyl (C=O) groups is 2. The van der Waals surface area contributed by atoms with Gasteiger partial charge in [0.05, 0.1) is 12.2 Å². The summed E-state index contributed by atoms with van der Waals surface area (Å²) in [4.78, 5) is 32.6. The second-order valence-corrected chi connectivity index (χ2v) is 9.74. The van der Waals surface area contributed by atoms with Crippen molar-refractivity contribution in [3.63, 3.8) is 0 Å². The summed E-state index contributed by atoms with van der Waals surface area (Å²) < 4.78 is 2.15. The molecule has 1 aliphatic rings. The van der Waals surface area contributed by atoms with Crippen LogP contribution in [0.15, 0.2) is 72.1 Å². The maximum absolute atomic E-state index is 13.3. The Hall–Kier alpha value is -3.71. The predicted molar refractivity (Wildman–Crippen MR) is 139 cm³/mol. The van der Waals surface area contributed by atoms with Gasteiger partial charge in [-0.2, -0.15) is 0 Å². The fourth-order valence-corrected chi connectivity index (χ4v) is 5.50. The number of thiazole rings is 1. The van der Waals surface area contributed by atoms with E-state index in [-0.39, 0.29) is 11.8 Å². The Morgan fingerprint density at radius 3 is 2.43 bits per heavy atom. The Labute approximate surface area is 209 Å². The number of rotatable bonds is 6. The van der Waals surface area contributed by atoms with Crippen molar-refractivity contribution in [1.29, 1.82) is 0 Å². The first-order valence-corrected chi connectivity index (χ1v) is 12.7. The number of nitrogens with zero attached hydrogens (tertiary/aromatic N) is 3. The summed E-state index contributed by atoms with van der Waals surface area (Å²) in [5, 5.41) is 5.89. The quantitative estimate of drug-likeness (QED) is 0.412. The van der Waals surface area contributed by atoms with Gasteiger partial charge in [-0.3, -0.25) is 9.59 Å². The molecule has 1 saturated heterocycles. The highest BCUT2D eigenvalue weighted by Gasteiger charge is 2.34. The minimum Gasteiger partial charge on any atom is -0.349 e. The van der Waals surface area contributed by atoms with Crippen LogP contribution in [0.2, 0.25) is 0 Å². The van der Waals surface area contributed by atoms with E-state index in [0.29, 0.717) is 25.1 Å². The molecular formula is C28H28N4O2S. The lowest BCUT2D eigenvalue weighted by molar-refractivity contribution is -0.125. The van der Waals surface area contributed by atoms with E-state index in [1.54, 1.807) is 16.2 Å². The topological polar surface area (TPSA) is 67.2 Å². The van der Waals surface area contributed by atoms with E-state index in [9.17, 15) is 9.59 Å². The SMILES string of the molecule is Cc1ccc(C)n1-c1ccc(C(=O)N2CCC[C@@H]2C(=O)NCc2csc(-c3ccccc3)n2)cc1. The minimum absolute atomic E-state index is 0.102. The predicted octanol–water partition coefficient (Wildman–Crippen LogP) is 5.14. The number of benzene rings is 2. The van der Waals surface area contributed by atoms with Crippen molar-refractivity contribution in [2.24, 2.45) is 0 Å². The van der Waals surface area contributed by atoms with Crippen molar-refractivity contribution in [2.45, 2.75) is 39.3 Å². The smallest absolute Gasteiger partial charge is 0.254 e. The molecule has 0 saturated carbocycles. The first-order chi connectivity index (χ1) is 17.0. The first kappa shape index (κ1) is 23.1. The third-order valence-corrected chi connectivity index (χ3v) is 7.42. The maximum atomic E-state index is 13.3. The second-order valence-electron chi connectivity index (χ2n) is 8.88. The van der Waals surface area contributed by atoms with Gasteiger partial charge in [-0.15, -0.1) is 11.3 Å². The Morgan fingerprint density at radius 2 is 1.71 bits per heavy atom. The zero-order chi connectivity index (χ0) is 24.4. The van der Waals surface area contributed by atoms with Gasteiger partial charge in [0.1, 0.15) is 11.0 Å². The Kier molecular flexibility index (Phi) is 6.51. The monoisotopic (exact) mass is 484 g/mol. The number of nitrogens with one attached hydrogen (secondary N) is 1. The van der Waals surface area contributed by atoms with E-state index in [0.717, 1.165) is 39.8 Å². The molecule has 35 heavy (non-hydrogen) atoms. The summed E-state index contributed by atoms with van der Waals surface area (Å²) in [7, 11) is 0. The van der Waals surface area contributed by atoms with E-state index in [1.807, 2.05) is 60.0 Å². The molecule has 7 heteroatoms. The van der Waals surface area contributed by atoms with Crippen molar-refractivity contribution in [1.82, 2.24) is 19.8 Å². The van der Waals surface area contributed by atoms with Crippen LogP contribution in [-0.4, -0.2) is 38.9 Å². The molecule has 178 valence electrons. The largest absolute Gasteiger partial charge is 0.349 e. The van der Waals surface area contributed by atoms with Gasteiger partial charge in [0.25, 0.3) is 5.91 Å². The van der Waals surface area contributed by atoms with Crippen LogP contribution in [0, 0.1) is 13.8 Å². The summed E-state index contributed by atoms with van der Waals surface area (Å²) in [6.07, 6.45) is 1.49. The number of hydrogen-bond acceptors (Lipinski definition) is 4. The summed E-state index contributed by atoms with van der Waals surface area (Å²) in [5.74, 6) is -0.226. The van der Waals surface area contributed by atoms with E-state index in [4.69, 9.17) is 0 Å². The van der Waals surface area contributed by atoms with Crippen molar-refractivity contribution in [2.75, 3.05) is 6.54 Å². The fourth-order valence-electron chi connectivity index (χ4n) is 4.67. The van der Waals surface area contributed by atoms with E-state index in [2.05, 4.69) is 40.8 Å². The van der Waals surface area contributed by atoms with Gasteiger partial charge >= 0.3 is 0 Å². The molecule has 5 rings (SSSR count). The van der Waals surface area contributed by atoms with E-state index < -0.39 is 6.04 Å². The standard InChI is InChI=1S/C28H28N4O2S/c1-19-10-11-20(2)32(19)24-14-12-22(13-15-24)28(34)31-16-6-9-25(31)26(33)29-17-23-18-35-27(30-23)21-7-4-3-5-8-21/h3-5,7-8,10-15,18,25H,6,9,16-17H2,1-2H3,(H,29,33)/t25-/m1/s1. The van der Waals surface area contributed by atoms with Crippen LogP contribution in [0.25, 0.3) is 16.3 Å². The van der Waals surface area contributed by atoms with Gasteiger partial charge in [-0.05, 0) is 63.1 Å². The molecule has 0 bridgehead atoms. The lowest BCUT2D eigenvalue weighted by atomic mass is 10.1. The minimum atomic E-state index is -0.455. The van der Waals surface area contributed by atoms with Gasteiger partial charge < -0.3 is 14.8 Å². The van der Waals surface area contributed by atoms with Crippen molar-refractivity contribution in [3.8, 4) is 16.3 Å². The zero-order valence-corrected chi connectivity index (χ0v) is 20.7. The molecule has 0 aliphatic carbocycles. The van der Waals surface area contributed by atoms with Crippen LogP contribution < -0.4 is 5.32 Å². The molecule has 2 aromatic heterocycles. The average molecular weight is 485 g/mol. The van der Waals surface area contributed by atoms with Gasteiger partial charge in [-0.25, -0.2) is 4.98 Å². The van der Waals surface area contributed by atoms with Crippen LogP contribution >= 0.6 is 11.3 Å². The maximum Gasteiger partial charge on any atom is 0.254 e. The molecule has 1 aliphatic heterocycles. The first-order valence-electron chi connectivity index (χ1n) is 11.8. The average Bonchev–Trinajstić information content (AvgIpc) is 3.63. The molecule has 4 aromatic rings. The second kappa shape index (κ2) is 9.88. The van der Waals surface area contributed by atoms with Crippen molar-refractivity contribution < 1.29 is 9.59 Å². The molecule has 2 aromatic carbocycles. The number of hydrogen-bond donors (Lipinski definition) is 1. The molecule has 0 radical (unpaired) electrons. The van der Waals surface area contributed by atoms with Crippen LogP contribution in [0.3, 0.4) is 0 Å². The van der Waals surface area contributed by atoms with Crippen LogP contribution in [-0.2, 0) is 11.3 Å². The fraction of sp³-hybridized carbons (Fsp3) is 0.250. The van der Waals surface area contributed by atoms with Gasteiger partial charge in [0.2, 0.25) is 5.91 Å². The van der Waals surface area contributed by atoms with Crippen LogP contribution in [0.5, 0.6) is 0 Å². The molecule has 0 unspecified atom stereocenters. The third kappa shape index (κ3) is 4.77. The Morgan fingerprint density at radius 1 is 1.00 bits per heavy atom. The molecule has 6 nitrogen and oxygen atoms in total. The summed E-state index contributed by atoms with van der Waals surface area (Å²) in [6.45, 7) is 5.06. The highest BCUT2D eigenvalue weighted by atomic mass is 32.1. The van der Waals surface area contributed by atoms with Gasteiger partial charge in [0, 0.05) is 40.1 Å². The highest BCUT2D eigenvalue weighted by molar-refractivity contribution is 7.13. The third-order valence-electron chi connectivity index (χ3n) is 6.48. The zero-order valence-electron chi connectivity index (χ0n) is 19.9. The molecular weight excluding hydrogens is 456 g/mol. The molecule has 0 spiro atoms. The molecule has 2 amide bonds. The summed E-state index contributed by atoms with van der Waals surface area (Å²) in [5.41, 5.74) is 5.81. The number of aryl methyl sites for hydroxylation is 2.